The molecule has 1 aliphatic heterocycles. The van der Waals surface area contributed by atoms with Crippen LogP contribution < -0.4 is 5.32 Å². The molecule has 0 bridgehead atoms. The molecular weight excluding hydrogens is 330 g/mol. The zero-order chi connectivity index (χ0) is 18.9. The van der Waals surface area contributed by atoms with Crippen molar-refractivity contribution >= 4 is 11.5 Å². The third-order valence-electron chi connectivity index (χ3n) is 5.62. The lowest BCUT2D eigenvalue weighted by atomic mass is 9.79. The van der Waals surface area contributed by atoms with E-state index in [9.17, 15) is 9.90 Å². The molecular formula is C21H29NO4. The van der Waals surface area contributed by atoms with Crippen LogP contribution in [0.15, 0.2) is 17.9 Å². The zero-order valence-corrected chi connectivity index (χ0v) is 16.1. The van der Waals surface area contributed by atoms with E-state index in [0.717, 1.165) is 35.1 Å². The van der Waals surface area contributed by atoms with E-state index in [4.69, 9.17) is 9.47 Å². The van der Waals surface area contributed by atoms with Crippen molar-refractivity contribution in [3.05, 3.63) is 40.1 Å². The van der Waals surface area contributed by atoms with Gasteiger partial charge in [-0.1, -0.05) is 17.7 Å². The highest BCUT2D eigenvalue weighted by Gasteiger charge is 2.48. The molecule has 5 heteroatoms. The van der Waals surface area contributed by atoms with Crippen molar-refractivity contribution in [3.63, 3.8) is 0 Å². The topological polar surface area (TPSA) is 67.8 Å². The van der Waals surface area contributed by atoms with E-state index in [2.05, 4.69) is 17.4 Å². The molecule has 0 unspecified atom stereocenters. The number of carbonyl (C=O) groups is 1. The predicted octanol–water partition coefficient (Wildman–Crippen LogP) is 3.36. The third kappa shape index (κ3) is 3.38. The first-order valence-corrected chi connectivity index (χ1v) is 9.33. The van der Waals surface area contributed by atoms with Gasteiger partial charge in [0.05, 0.1) is 30.4 Å². The molecule has 5 nitrogen and oxygen atoms in total. The molecule has 1 aromatic carbocycles. The van der Waals surface area contributed by atoms with Gasteiger partial charge in [-0.15, -0.1) is 0 Å². The number of aliphatic hydroxyl groups excluding tert-OH is 1. The standard InChI is InChI=1S/C21H29NO4/c1-13-11-14(2)17(15(3)12-13)18-19(23)21(22-20(18)24)7-5-16(6-8-21)26-10-9-25-4/h11-12,16,23H,5-10H2,1-4H3,(H,22,24). The number of methoxy groups -OCH3 is 1. The van der Waals surface area contributed by atoms with Crippen LogP contribution in [0.4, 0.5) is 0 Å². The van der Waals surface area contributed by atoms with Gasteiger partial charge in [0, 0.05) is 7.11 Å². The molecule has 1 heterocycles. The quantitative estimate of drug-likeness (QED) is 0.791. The summed E-state index contributed by atoms with van der Waals surface area (Å²) in [6, 6.07) is 4.11. The van der Waals surface area contributed by atoms with Crippen molar-refractivity contribution in [1.82, 2.24) is 5.32 Å². The molecule has 1 fully saturated rings. The number of ether oxygens (including phenoxy) is 2. The predicted molar refractivity (Wildman–Crippen MR) is 101 cm³/mol. The fourth-order valence-electron chi connectivity index (χ4n) is 4.40. The summed E-state index contributed by atoms with van der Waals surface area (Å²) in [4.78, 5) is 12.8. The Morgan fingerprint density at radius 1 is 1.15 bits per heavy atom. The Balaban J connectivity index is 1.84. The van der Waals surface area contributed by atoms with Crippen molar-refractivity contribution in [2.24, 2.45) is 0 Å². The first-order valence-electron chi connectivity index (χ1n) is 9.33. The Labute approximate surface area is 155 Å². The summed E-state index contributed by atoms with van der Waals surface area (Å²) >= 11 is 0. The first kappa shape index (κ1) is 18.9. The van der Waals surface area contributed by atoms with E-state index < -0.39 is 5.54 Å². The maximum absolute atomic E-state index is 12.8. The molecule has 0 atom stereocenters. The number of aryl methyl sites for hydroxylation is 3. The Kier molecular flexibility index (Phi) is 5.39. The third-order valence-corrected chi connectivity index (χ3v) is 5.62. The fraction of sp³-hybridized carbons (Fsp3) is 0.571. The van der Waals surface area contributed by atoms with Gasteiger partial charge in [0.15, 0.2) is 0 Å². The maximum Gasteiger partial charge on any atom is 0.256 e. The highest BCUT2D eigenvalue weighted by molar-refractivity contribution is 6.24. The van der Waals surface area contributed by atoms with E-state index in [1.54, 1.807) is 7.11 Å². The van der Waals surface area contributed by atoms with E-state index in [-0.39, 0.29) is 17.8 Å². The lowest BCUT2D eigenvalue weighted by Gasteiger charge is -2.37. The van der Waals surface area contributed by atoms with Gasteiger partial charge in [-0.05, 0) is 63.1 Å². The number of carbonyl (C=O) groups excluding carboxylic acids is 1. The average Bonchev–Trinajstić information content (AvgIpc) is 2.81. The number of amides is 1. The van der Waals surface area contributed by atoms with Gasteiger partial charge in [0.2, 0.25) is 0 Å². The van der Waals surface area contributed by atoms with E-state index in [1.807, 2.05) is 20.8 Å². The van der Waals surface area contributed by atoms with Crippen LogP contribution in [0.2, 0.25) is 0 Å². The highest BCUT2D eigenvalue weighted by Crippen LogP contribution is 2.43. The molecule has 1 saturated carbocycles. The summed E-state index contributed by atoms with van der Waals surface area (Å²) in [5.74, 6) is 0.0317. The van der Waals surface area contributed by atoms with E-state index >= 15 is 0 Å². The monoisotopic (exact) mass is 359 g/mol. The van der Waals surface area contributed by atoms with Crippen LogP contribution in [0.1, 0.15) is 47.9 Å². The molecule has 1 spiro atoms. The number of hydrogen-bond acceptors (Lipinski definition) is 4. The summed E-state index contributed by atoms with van der Waals surface area (Å²) in [5.41, 5.74) is 3.86. The lowest BCUT2D eigenvalue weighted by molar-refractivity contribution is -0.116. The summed E-state index contributed by atoms with van der Waals surface area (Å²) < 4.78 is 10.8. The second-order valence-corrected chi connectivity index (χ2v) is 7.60. The summed E-state index contributed by atoms with van der Waals surface area (Å²) in [5, 5.41) is 14.1. The molecule has 1 amide bonds. The summed E-state index contributed by atoms with van der Waals surface area (Å²) in [7, 11) is 1.66. The van der Waals surface area contributed by atoms with Gasteiger partial charge >= 0.3 is 0 Å². The van der Waals surface area contributed by atoms with Crippen LogP contribution in [0, 0.1) is 20.8 Å². The van der Waals surface area contributed by atoms with Gasteiger partial charge in [0.1, 0.15) is 5.76 Å². The van der Waals surface area contributed by atoms with Crippen LogP contribution in [-0.2, 0) is 14.3 Å². The highest BCUT2D eigenvalue weighted by atomic mass is 16.5. The molecule has 1 aromatic rings. The van der Waals surface area contributed by atoms with Crippen molar-refractivity contribution in [2.75, 3.05) is 20.3 Å². The number of nitrogens with one attached hydrogen (secondary N) is 1. The SMILES string of the molecule is COCCOC1CCC2(CC1)NC(=O)C(c1c(C)cc(C)cc1C)=C2O. The van der Waals surface area contributed by atoms with Gasteiger partial charge in [-0.2, -0.15) is 0 Å². The molecule has 26 heavy (non-hydrogen) atoms. The number of hydrogen-bond donors (Lipinski definition) is 2. The minimum atomic E-state index is -0.642. The van der Waals surface area contributed by atoms with Crippen LogP contribution in [0.5, 0.6) is 0 Å². The zero-order valence-electron chi connectivity index (χ0n) is 16.1. The fourth-order valence-corrected chi connectivity index (χ4v) is 4.40. The second kappa shape index (κ2) is 7.41. The maximum atomic E-state index is 12.8. The van der Waals surface area contributed by atoms with Crippen molar-refractivity contribution in [2.45, 2.75) is 58.1 Å². The lowest BCUT2D eigenvalue weighted by Crippen LogP contribution is -2.48. The van der Waals surface area contributed by atoms with Crippen LogP contribution in [0.3, 0.4) is 0 Å². The average molecular weight is 359 g/mol. The summed E-state index contributed by atoms with van der Waals surface area (Å²) in [6.45, 7) is 7.19. The molecule has 2 N–H and O–H groups in total. The Bertz CT molecular complexity index is 707. The molecule has 0 radical (unpaired) electrons. The second-order valence-electron chi connectivity index (χ2n) is 7.60. The van der Waals surface area contributed by atoms with Crippen molar-refractivity contribution < 1.29 is 19.4 Å². The summed E-state index contributed by atoms with van der Waals surface area (Å²) in [6.07, 6.45) is 3.17. The minimum absolute atomic E-state index is 0.160. The molecule has 142 valence electrons. The Morgan fingerprint density at radius 3 is 2.35 bits per heavy atom. The molecule has 3 rings (SSSR count). The van der Waals surface area contributed by atoms with Crippen molar-refractivity contribution in [3.8, 4) is 0 Å². The smallest absolute Gasteiger partial charge is 0.256 e. The van der Waals surface area contributed by atoms with Gasteiger partial charge in [-0.25, -0.2) is 0 Å². The Hall–Kier alpha value is -1.85. The molecule has 1 aliphatic carbocycles. The van der Waals surface area contributed by atoms with Crippen molar-refractivity contribution in [1.29, 1.82) is 0 Å². The number of aliphatic hydroxyl groups is 1. The first-order chi connectivity index (χ1) is 12.4. The van der Waals surface area contributed by atoms with Crippen LogP contribution in [-0.4, -0.2) is 43.0 Å². The number of rotatable bonds is 5. The largest absolute Gasteiger partial charge is 0.509 e. The van der Waals surface area contributed by atoms with Crippen LogP contribution in [0.25, 0.3) is 5.57 Å². The van der Waals surface area contributed by atoms with Gasteiger partial charge in [-0.3, -0.25) is 4.79 Å². The van der Waals surface area contributed by atoms with E-state index in [0.29, 0.717) is 31.6 Å². The van der Waals surface area contributed by atoms with Gasteiger partial charge in [0.25, 0.3) is 5.91 Å². The Morgan fingerprint density at radius 2 is 1.77 bits per heavy atom. The number of benzene rings is 1. The normalized spacial score (nSPS) is 25.8. The molecule has 0 aromatic heterocycles. The van der Waals surface area contributed by atoms with Gasteiger partial charge < -0.3 is 19.9 Å². The molecule has 0 saturated heterocycles. The van der Waals surface area contributed by atoms with E-state index in [1.165, 1.54) is 0 Å². The minimum Gasteiger partial charge on any atom is -0.509 e. The molecule has 2 aliphatic rings. The van der Waals surface area contributed by atoms with Crippen LogP contribution >= 0.6 is 0 Å².